The predicted molar refractivity (Wildman–Crippen MR) is 91.8 cm³/mol. The van der Waals surface area contributed by atoms with Gasteiger partial charge in [0.2, 0.25) is 0 Å². The molecule has 0 unspecified atom stereocenters. The molecule has 0 saturated carbocycles. The number of hydrogen-bond acceptors (Lipinski definition) is 4. The van der Waals surface area contributed by atoms with Crippen LogP contribution in [-0.4, -0.2) is 50.7 Å². The molecule has 0 heterocycles. The molecule has 0 radical (unpaired) electrons. The van der Waals surface area contributed by atoms with Crippen LogP contribution < -0.4 is 10.6 Å². The van der Waals surface area contributed by atoms with Crippen LogP contribution in [0.2, 0.25) is 0 Å². The third kappa shape index (κ3) is 8.21. The molecule has 1 aromatic rings. The molecule has 0 atom stereocenters. The van der Waals surface area contributed by atoms with Crippen molar-refractivity contribution in [1.29, 1.82) is 0 Å². The van der Waals surface area contributed by atoms with E-state index in [0.717, 1.165) is 25.8 Å². The minimum absolute atomic E-state index is 0.248. The number of carbonyl (C=O) groups is 2. The van der Waals surface area contributed by atoms with Crippen molar-refractivity contribution in [3.8, 4) is 0 Å². The van der Waals surface area contributed by atoms with E-state index < -0.39 is 0 Å². The van der Waals surface area contributed by atoms with Crippen molar-refractivity contribution in [1.82, 2.24) is 10.2 Å². The normalized spacial score (nSPS) is 10.4. The molecule has 23 heavy (non-hydrogen) atoms. The van der Waals surface area contributed by atoms with Crippen molar-refractivity contribution >= 4 is 17.7 Å². The van der Waals surface area contributed by atoms with Gasteiger partial charge >= 0.3 is 12.0 Å². The van der Waals surface area contributed by atoms with E-state index in [1.54, 1.807) is 24.3 Å². The maximum atomic E-state index is 11.8. The molecule has 0 bridgehead atoms. The lowest BCUT2D eigenvalue weighted by molar-refractivity contribution is 0.0500. The van der Waals surface area contributed by atoms with E-state index in [1.807, 2.05) is 21.0 Å². The SMILES string of the molecule is CCCCOC(=O)c1ccc(NC(=O)NCCCN(C)C)cc1. The maximum absolute atomic E-state index is 11.8. The standard InChI is InChI=1S/C17H27N3O3/c1-4-5-13-23-16(21)14-7-9-15(10-8-14)19-17(22)18-11-6-12-20(2)3/h7-10H,4-6,11-13H2,1-3H3,(H2,18,19,22). The summed E-state index contributed by atoms with van der Waals surface area (Å²) in [6.07, 6.45) is 2.74. The molecular weight excluding hydrogens is 294 g/mol. The van der Waals surface area contributed by atoms with Crippen LogP contribution >= 0.6 is 0 Å². The summed E-state index contributed by atoms with van der Waals surface area (Å²) in [5.41, 5.74) is 1.12. The van der Waals surface area contributed by atoms with Crippen LogP contribution in [0.15, 0.2) is 24.3 Å². The number of rotatable bonds is 9. The maximum Gasteiger partial charge on any atom is 0.338 e. The summed E-state index contributed by atoms with van der Waals surface area (Å²) in [5, 5.41) is 5.52. The van der Waals surface area contributed by atoms with Gasteiger partial charge in [0.05, 0.1) is 12.2 Å². The number of ether oxygens (including phenoxy) is 1. The molecule has 0 spiro atoms. The zero-order chi connectivity index (χ0) is 17.1. The van der Waals surface area contributed by atoms with Crippen LogP contribution in [0.4, 0.5) is 10.5 Å². The fourth-order valence-corrected chi connectivity index (χ4v) is 1.85. The highest BCUT2D eigenvalue weighted by molar-refractivity contribution is 5.92. The number of hydrogen-bond donors (Lipinski definition) is 2. The van der Waals surface area contributed by atoms with Gasteiger partial charge in [-0.2, -0.15) is 0 Å². The van der Waals surface area contributed by atoms with E-state index in [0.29, 0.717) is 24.4 Å². The van der Waals surface area contributed by atoms with Crippen LogP contribution in [0.3, 0.4) is 0 Å². The van der Waals surface area contributed by atoms with Crippen molar-refractivity contribution in [2.24, 2.45) is 0 Å². The highest BCUT2D eigenvalue weighted by Gasteiger charge is 2.07. The number of unbranched alkanes of at least 4 members (excludes halogenated alkanes) is 1. The molecule has 6 heteroatoms. The molecule has 2 N–H and O–H groups in total. The fraction of sp³-hybridized carbons (Fsp3) is 0.529. The van der Waals surface area contributed by atoms with Crippen LogP contribution in [0, 0.1) is 0 Å². The van der Waals surface area contributed by atoms with Gasteiger partial charge in [-0.25, -0.2) is 9.59 Å². The number of anilines is 1. The van der Waals surface area contributed by atoms with Gasteiger partial charge in [-0.05, 0) is 57.7 Å². The van der Waals surface area contributed by atoms with Crippen molar-refractivity contribution in [3.05, 3.63) is 29.8 Å². The summed E-state index contributed by atoms with van der Waals surface area (Å²) in [4.78, 5) is 25.5. The first-order chi connectivity index (χ1) is 11.0. The van der Waals surface area contributed by atoms with Crippen LogP contribution in [-0.2, 0) is 4.74 Å². The number of esters is 1. The summed E-state index contributed by atoms with van der Waals surface area (Å²) in [7, 11) is 3.99. The third-order valence-corrected chi connectivity index (χ3v) is 3.18. The first-order valence-electron chi connectivity index (χ1n) is 7.99. The van der Waals surface area contributed by atoms with Crippen molar-refractivity contribution in [3.63, 3.8) is 0 Å². The summed E-state index contributed by atoms with van der Waals surface area (Å²) in [6, 6.07) is 6.43. The van der Waals surface area contributed by atoms with E-state index >= 15 is 0 Å². The Labute approximate surface area is 138 Å². The second-order valence-corrected chi connectivity index (χ2v) is 5.60. The lowest BCUT2D eigenvalue weighted by Gasteiger charge is -2.11. The number of amides is 2. The van der Waals surface area contributed by atoms with Gasteiger partial charge in [-0.3, -0.25) is 0 Å². The van der Waals surface area contributed by atoms with E-state index in [1.165, 1.54) is 0 Å². The molecule has 0 aliphatic carbocycles. The quantitative estimate of drug-likeness (QED) is 0.542. The van der Waals surface area contributed by atoms with E-state index in [4.69, 9.17) is 4.74 Å². The third-order valence-electron chi connectivity index (χ3n) is 3.18. The Bertz CT molecular complexity index is 486. The van der Waals surface area contributed by atoms with Gasteiger partial charge in [0.25, 0.3) is 0 Å². The minimum Gasteiger partial charge on any atom is -0.462 e. The number of benzene rings is 1. The average Bonchev–Trinajstić information content (AvgIpc) is 2.52. The average molecular weight is 321 g/mol. The summed E-state index contributed by atoms with van der Waals surface area (Å²) >= 11 is 0. The highest BCUT2D eigenvalue weighted by atomic mass is 16.5. The Morgan fingerprint density at radius 1 is 1.13 bits per heavy atom. The van der Waals surface area contributed by atoms with E-state index in [9.17, 15) is 9.59 Å². The molecular formula is C17H27N3O3. The highest BCUT2D eigenvalue weighted by Crippen LogP contribution is 2.10. The second-order valence-electron chi connectivity index (χ2n) is 5.60. The van der Waals surface area contributed by atoms with Gasteiger partial charge < -0.3 is 20.3 Å². The van der Waals surface area contributed by atoms with Crippen LogP contribution in [0.1, 0.15) is 36.5 Å². The second kappa shape index (κ2) is 10.6. The predicted octanol–water partition coefficient (Wildman–Crippen LogP) is 2.72. The van der Waals surface area contributed by atoms with Gasteiger partial charge in [0.1, 0.15) is 0 Å². The first kappa shape index (κ1) is 19.0. The molecule has 0 aliphatic rings. The summed E-state index contributed by atoms with van der Waals surface area (Å²) in [6.45, 7) is 4.02. The monoisotopic (exact) mass is 321 g/mol. The van der Waals surface area contributed by atoms with Gasteiger partial charge in [0, 0.05) is 12.2 Å². The fourth-order valence-electron chi connectivity index (χ4n) is 1.85. The molecule has 2 amide bonds. The van der Waals surface area contributed by atoms with Gasteiger partial charge in [-0.15, -0.1) is 0 Å². The molecule has 128 valence electrons. The van der Waals surface area contributed by atoms with E-state index in [-0.39, 0.29) is 12.0 Å². The zero-order valence-electron chi connectivity index (χ0n) is 14.2. The number of nitrogens with zero attached hydrogens (tertiary/aromatic N) is 1. The minimum atomic E-state index is -0.335. The Morgan fingerprint density at radius 2 is 1.83 bits per heavy atom. The Morgan fingerprint density at radius 3 is 2.43 bits per heavy atom. The molecule has 1 rings (SSSR count). The van der Waals surface area contributed by atoms with Crippen molar-refractivity contribution in [2.75, 3.05) is 39.1 Å². The Kier molecular flexibility index (Phi) is 8.75. The topological polar surface area (TPSA) is 70.7 Å². The molecule has 0 aliphatic heterocycles. The molecule has 0 saturated heterocycles. The molecule has 0 fully saturated rings. The van der Waals surface area contributed by atoms with Crippen molar-refractivity contribution in [2.45, 2.75) is 26.2 Å². The molecule has 0 aromatic heterocycles. The first-order valence-corrected chi connectivity index (χ1v) is 7.99. The van der Waals surface area contributed by atoms with Gasteiger partial charge in [-0.1, -0.05) is 13.3 Å². The number of carbonyl (C=O) groups excluding carboxylic acids is 2. The van der Waals surface area contributed by atoms with Crippen LogP contribution in [0.5, 0.6) is 0 Å². The van der Waals surface area contributed by atoms with Crippen molar-refractivity contribution < 1.29 is 14.3 Å². The van der Waals surface area contributed by atoms with Gasteiger partial charge in [0.15, 0.2) is 0 Å². The Hall–Kier alpha value is -2.08. The van der Waals surface area contributed by atoms with Crippen LogP contribution in [0.25, 0.3) is 0 Å². The summed E-state index contributed by atoms with van der Waals surface area (Å²) in [5.74, 6) is -0.335. The molecule has 1 aromatic carbocycles. The largest absolute Gasteiger partial charge is 0.462 e. The lowest BCUT2D eigenvalue weighted by atomic mass is 10.2. The zero-order valence-corrected chi connectivity index (χ0v) is 14.2. The number of urea groups is 1. The smallest absolute Gasteiger partial charge is 0.338 e. The summed E-state index contributed by atoms with van der Waals surface area (Å²) < 4.78 is 5.13. The van der Waals surface area contributed by atoms with E-state index in [2.05, 4.69) is 15.5 Å². The number of nitrogens with one attached hydrogen (secondary N) is 2. The lowest BCUT2D eigenvalue weighted by Crippen LogP contribution is -2.31. The Balaban J connectivity index is 2.35. The molecule has 6 nitrogen and oxygen atoms in total.